The van der Waals surface area contributed by atoms with Crippen LogP contribution in [0.5, 0.6) is 5.75 Å². The van der Waals surface area contributed by atoms with E-state index in [2.05, 4.69) is 50.4 Å². The summed E-state index contributed by atoms with van der Waals surface area (Å²) < 4.78 is 5.59. The zero-order valence-electron chi connectivity index (χ0n) is 10.8. The van der Waals surface area contributed by atoms with Gasteiger partial charge < -0.3 is 10.1 Å². The van der Waals surface area contributed by atoms with Crippen LogP contribution in [0.25, 0.3) is 0 Å². The van der Waals surface area contributed by atoms with Crippen LogP contribution in [0, 0.1) is 0 Å². The van der Waals surface area contributed by atoms with Crippen LogP contribution in [-0.4, -0.2) is 20.2 Å². The summed E-state index contributed by atoms with van der Waals surface area (Å²) in [6.45, 7) is 8.35. The smallest absolute Gasteiger partial charge is 0.119 e. The van der Waals surface area contributed by atoms with Crippen molar-refractivity contribution >= 4 is 0 Å². The topological polar surface area (TPSA) is 21.3 Å². The molecule has 0 fully saturated rings. The molecule has 0 saturated heterocycles. The molecule has 1 N–H and O–H groups in total. The van der Waals surface area contributed by atoms with Gasteiger partial charge in [0.1, 0.15) is 12.4 Å². The van der Waals surface area contributed by atoms with Crippen LogP contribution in [0.3, 0.4) is 0 Å². The first-order valence-electron chi connectivity index (χ1n) is 5.98. The quantitative estimate of drug-likeness (QED) is 0.746. The van der Waals surface area contributed by atoms with Gasteiger partial charge in [-0.1, -0.05) is 32.9 Å². The van der Waals surface area contributed by atoms with Gasteiger partial charge in [-0.2, -0.15) is 0 Å². The van der Waals surface area contributed by atoms with Crippen molar-refractivity contribution in [3.63, 3.8) is 0 Å². The molecule has 2 nitrogen and oxygen atoms in total. The Balaban J connectivity index is 2.61. The summed E-state index contributed by atoms with van der Waals surface area (Å²) >= 11 is 0. The summed E-state index contributed by atoms with van der Waals surface area (Å²) in [5, 5.41) is 3.06. The van der Waals surface area contributed by atoms with Gasteiger partial charge in [-0.25, -0.2) is 0 Å². The minimum Gasteiger partial charge on any atom is -0.492 e. The monoisotopic (exact) mass is 221 g/mol. The number of hydrogen-bond donors (Lipinski definition) is 1. The van der Waals surface area contributed by atoms with Gasteiger partial charge in [-0.05, 0) is 36.6 Å². The molecule has 0 aliphatic rings. The maximum Gasteiger partial charge on any atom is 0.119 e. The largest absolute Gasteiger partial charge is 0.492 e. The van der Waals surface area contributed by atoms with E-state index in [9.17, 15) is 0 Å². The average Bonchev–Trinajstić information content (AvgIpc) is 2.30. The molecule has 1 rings (SSSR count). The van der Waals surface area contributed by atoms with E-state index in [1.165, 1.54) is 5.56 Å². The molecule has 0 aliphatic heterocycles. The van der Waals surface area contributed by atoms with Crippen molar-refractivity contribution in [1.29, 1.82) is 0 Å². The van der Waals surface area contributed by atoms with E-state index >= 15 is 0 Å². The minimum absolute atomic E-state index is 0.253. The van der Waals surface area contributed by atoms with Gasteiger partial charge in [0.15, 0.2) is 0 Å². The van der Waals surface area contributed by atoms with E-state index in [0.29, 0.717) is 6.61 Å². The van der Waals surface area contributed by atoms with Crippen LogP contribution in [0.1, 0.15) is 32.8 Å². The molecule has 0 saturated carbocycles. The standard InChI is InChI=1S/C14H23NO/c1-5-14(2,3)12-6-8-13(9-7-12)16-11-10-15-4/h6-9,15H,5,10-11H2,1-4H3. The van der Waals surface area contributed by atoms with Gasteiger partial charge in [0.2, 0.25) is 0 Å². The number of ether oxygens (including phenoxy) is 1. The predicted molar refractivity (Wildman–Crippen MR) is 69.2 cm³/mol. The second-order valence-electron chi connectivity index (χ2n) is 4.71. The van der Waals surface area contributed by atoms with Gasteiger partial charge in [-0.15, -0.1) is 0 Å². The number of hydrogen-bond acceptors (Lipinski definition) is 2. The van der Waals surface area contributed by atoms with Crippen molar-refractivity contribution in [1.82, 2.24) is 5.32 Å². The highest BCUT2D eigenvalue weighted by Gasteiger charge is 2.17. The summed E-state index contributed by atoms with van der Waals surface area (Å²) in [5.74, 6) is 0.950. The Labute approximate surface area is 99.0 Å². The Morgan fingerprint density at radius 3 is 2.31 bits per heavy atom. The van der Waals surface area contributed by atoms with Crippen molar-refractivity contribution in [2.45, 2.75) is 32.6 Å². The van der Waals surface area contributed by atoms with Crippen molar-refractivity contribution in [3.8, 4) is 5.75 Å². The average molecular weight is 221 g/mol. The summed E-state index contributed by atoms with van der Waals surface area (Å²) in [6.07, 6.45) is 1.15. The molecule has 2 heteroatoms. The molecule has 0 bridgehead atoms. The highest BCUT2D eigenvalue weighted by Crippen LogP contribution is 2.27. The second-order valence-corrected chi connectivity index (χ2v) is 4.71. The normalized spacial score (nSPS) is 11.5. The van der Waals surface area contributed by atoms with Crippen molar-refractivity contribution in [3.05, 3.63) is 29.8 Å². The molecule has 90 valence electrons. The second kappa shape index (κ2) is 5.90. The van der Waals surface area contributed by atoms with Crippen LogP contribution in [0.15, 0.2) is 24.3 Å². The van der Waals surface area contributed by atoms with Gasteiger partial charge in [0.25, 0.3) is 0 Å². The zero-order valence-corrected chi connectivity index (χ0v) is 10.8. The molecule has 0 amide bonds. The summed E-state index contributed by atoms with van der Waals surface area (Å²) in [6, 6.07) is 8.45. The molecule has 1 aromatic rings. The van der Waals surface area contributed by atoms with Gasteiger partial charge in [0, 0.05) is 6.54 Å². The third-order valence-corrected chi connectivity index (χ3v) is 3.14. The molecular formula is C14H23NO. The molecule has 1 aromatic carbocycles. The van der Waals surface area contributed by atoms with Crippen LogP contribution in [-0.2, 0) is 5.41 Å². The fourth-order valence-electron chi connectivity index (χ4n) is 1.48. The SMILES string of the molecule is CCC(C)(C)c1ccc(OCCNC)cc1. The number of benzene rings is 1. The molecule has 0 aliphatic carbocycles. The maximum atomic E-state index is 5.59. The summed E-state index contributed by atoms with van der Waals surface area (Å²) in [7, 11) is 1.93. The molecule has 0 atom stereocenters. The molecule has 0 heterocycles. The lowest BCUT2D eigenvalue weighted by Crippen LogP contribution is -2.16. The van der Waals surface area contributed by atoms with Crippen molar-refractivity contribution in [2.75, 3.05) is 20.2 Å². The van der Waals surface area contributed by atoms with Gasteiger partial charge >= 0.3 is 0 Å². The van der Waals surface area contributed by atoms with E-state index in [0.717, 1.165) is 18.7 Å². The predicted octanol–water partition coefficient (Wildman–Crippen LogP) is 2.97. The minimum atomic E-state index is 0.253. The molecule has 0 aromatic heterocycles. The van der Waals surface area contributed by atoms with Crippen molar-refractivity contribution in [2.24, 2.45) is 0 Å². The summed E-state index contributed by atoms with van der Waals surface area (Å²) in [4.78, 5) is 0. The first-order chi connectivity index (χ1) is 7.60. The number of rotatable bonds is 6. The first kappa shape index (κ1) is 13.0. The Morgan fingerprint density at radius 2 is 1.81 bits per heavy atom. The molecule has 0 spiro atoms. The highest BCUT2D eigenvalue weighted by molar-refractivity contribution is 5.31. The third-order valence-electron chi connectivity index (χ3n) is 3.14. The van der Waals surface area contributed by atoms with Crippen LogP contribution < -0.4 is 10.1 Å². The number of nitrogens with one attached hydrogen (secondary N) is 1. The Hall–Kier alpha value is -1.02. The lowest BCUT2D eigenvalue weighted by molar-refractivity contribution is 0.318. The van der Waals surface area contributed by atoms with E-state index < -0.39 is 0 Å². The van der Waals surface area contributed by atoms with E-state index in [-0.39, 0.29) is 5.41 Å². The molecular weight excluding hydrogens is 198 g/mol. The highest BCUT2D eigenvalue weighted by atomic mass is 16.5. The maximum absolute atomic E-state index is 5.59. The van der Waals surface area contributed by atoms with Crippen molar-refractivity contribution < 1.29 is 4.74 Å². The Kier molecular flexibility index (Phi) is 4.81. The van der Waals surface area contributed by atoms with E-state index in [1.807, 2.05) is 7.05 Å². The number of likely N-dealkylation sites (N-methyl/N-ethyl adjacent to an activating group) is 1. The van der Waals surface area contributed by atoms with Gasteiger partial charge in [-0.3, -0.25) is 0 Å². The van der Waals surface area contributed by atoms with Gasteiger partial charge in [0.05, 0.1) is 0 Å². The van der Waals surface area contributed by atoms with Crippen LogP contribution in [0.2, 0.25) is 0 Å². The molecule has 0 unspecified atom stereocenters. The molecule has 16 heavy (non-hydrogen) atoms. The summed E-state index contributed by atoms with van der Waals surface area (Å²) in [5.41, 5.74) is 1.62. The molecule has 0 radical (unpaired) electrons. The van der Waals surface area contributed by atoms with Crippen LogP contribution >= 0.6 is 0 Å². The Morgan fingerprint density at radius 1 is 1.19 bits per heavy atom. The zero-order chi connectivity index (χ0) is 12.0. The van der Waals surface area contributed by atoms with E-state index in [1.54, 1.807) is 0 Å². The van der Waals surface area contributed by atoms with E-state index in [4.69, 9.17) is 4.74 Å². The fraction of sp³-hybridized carbons (Fsp3) is 0.571. The van der Waals surface area contributed by atoms with Crippen LogP contribution in [0.4, 0.5) is 0 Å². The Bertz CT molecular complexity index is 303. The fourth-order valence-corrected chi connectivity index (χ4v) is 1.48. The first-order valence-corrected chi connectivity index (χ1v) is 5.98. The third kappa shape index (κ3) is 3.53. The lowest BCUT2D eigenvalue weighted by atomic mass is 9.82. The lowest BCUT2D eigenvalue weighted by Gasteiger charge is -2.23.